The number of aliphatic hydroxyl groups is 1. The summed E-state index contributed by atoms with van der Waals surface area (Å²) in [7, 11) is 0. The van der Waals surface area contributed by atoms with Gasteiger partial charge in [0.2, 0.25) is 0 Å². The SMILES string of the molecule is CC1(C)O[C@@H]2COC(OCc3ccccc3)C(C)(O)[C@H]2O1. The van der Waals surface area contributed by atoms with E-state index in [-0.39, 0.29) is 6.10 Å². The predicted molar refractivity (Wildman–Crippen MR) is 75.4 cm³/mol. The van der Waals surface area contributed by atoms with E-state index in [1.807, 2.05) is 44.2 Å². The molecular weight excluding hydrogens is 272 g/mol. The van der Waals surface area contributed by atoms with Crippen molar-refractivity contribution >= 4 is 0 Å². The highest BCUT2D eigenvalue weighted by Crippen LogP contribution is 2.40. The van der Waals surface area contributed by atoms with Crippen molar-refractivity contribution in [1.29, 1.82) is 0 Å². The molecule has 2 aliphatic heterocycles. The fourth-order valence-corrected chi connectivity index (χ4v) is 2.90. The number of rotatable bonds is 3. The van der Waals surface area contributed by atoms with Crippen molar-refractivity contribution in [3.05, 3.63) is 35.9 Å². The lowest BCUT2D eigenvalue weighted by atomic mass is 9.92. The van der Waals surface area contributed by atoms with Gasteiger partial charge in [-0.15, -0.1) is 0 Å². The molecule has 116 valence electrons. The zero-order chi connectivity index (χ0) is 15.1. The monoisotopic (exact) mass is 294 g/mol. The summed E-state index contributed by atoms with van der Waals surface area (Å²) in [5, 5.41) is 10.8. The van der Waals surface area contributed by atoms with Gasteiger partial charge in [0.05, 0.1) is 13.2 Å². The Morgan fingerprint density at radius 1 is 1.19 bits per heavy atom. The van der Waals surface area contributed by atoms with E-state index in [0.717, 1.165) is 5.56 Å². The number of hydrogen-bond acceptors (Lipinski definition) is 5. The van der Waals surface area contributed by atoms with Gasteiger partial charge in [-0.2, -0.15) is 0 Å². The quantitative estimate of drug-likeness (QED) is 0.921. The van der Waals surface area contributed by atoms with Gasteiger partial charge in [-0.25, -0.2) is 0 Å². The van der Waals surface area contributed by atoms with Gasteiger partial charge in [-0.3, -0.25) is 0 Å². The molecule has 1 aromatic rings. The molecule has 0 amide bonds. The molecule has 2 saturated heterocycles. The summed E-state index contributed by atoms with van der Waals surface area (Å²) in [5.41, 5.74) is -0.228. The van der Waals surface area contributed by atoms with Crippen molar-refractivity contribution in [2.75, 3.05) is 6.61 Å². The predicted octanol–water partition coefficient (Wildman–Crippen LogP) is 1.83. The molecule has 0 saturated carbocycles. The molecule has 0 bridgehead atoms. The molecule has 0 aliphatic carbocycles. The highest BCUT2D eigenvalue weighted by Gasteiger charge is 2.57. The third-order valence-corrected chi connectivity index (χ3v) is 3.89. The Bertz CT molecular complexity index is 485. The Hall–Kier alpha value is -0.980. The second-order valence-electron chi connectivity index (χ2n) is 6.28. The van der Waals surface area contributed by atoms with Gasteiger partial charge >= 0.3 is 0 Å². The first kappa shape index (κ1) is 14.9. The number of ether oxygens (including phenoxy) is 4. The van der Waals surface area contributed by atoms with Crippen LogP contribution in [0.3, 0.4) is 0 Å². The first-order chi connectivity index (χ1) is 9.88. The largest absolute Gasteiger partial charge is 0.382 e. The minimum Gasteiger partial charge on any atom is -0.382 e. The van der Waals surface area contributed by atoms with E-state index in [2.05, 4.69) is 0 Å². The van der Waals surface area contributed by atoms with Crippen molar-refractivity contribution in [3.63, 3.8) is 0 Å². The number of benzene rings is 1. The smallest absolute Gasteiger partial charge is 0.189 e. The third kappa shape index (κ3) is 2.98. The first-order valence-corrected chi connectivity index (χ1v) is 7.24. The van der Waals surface area contributed by atoms with Crippen LogP contribution in [0.4, 0.5) is 0 Å². The Morgan fingerprint density at radius 3 is 2.62 bits per heavy atom. The molecule has 3 rings (SSSR count). The van der Waals surface area contributed by atoms with Crippen LogP contribution in [-0.2, 0) is 25.6 Å². The maximum atomic E-state index is 10.8. The normalized spacial score (nSPS) is 38.2. The fourth-order valence-electron chi connectivity index (χ4n) is 2.90. The van der Waals surface area contributed by atoms with E-state index in [9.17, 15) is 5.11 Å². The lowest BCUT2D eigenvalue weighted by Crippen LogP contribution is -2.60. The molecule has 1 aromatic carbocycles. The summed E-state index contributed by atoms with van der Waals surface area (Å²) in [4.78, 5) is 0. The van der Waals surface area contributed by atoms with E-state index >= 15 is 0 Å². The van der Waals surface area contributed by atoms with Gasteiger partial charge in [0.1, 0.15) is 17.8 Å². The number of fused-ring (bicyclic) bond motifs is 1. The lowest BCUT2D eigenvalue weighted by molar-refractivity contribution is -0.297. The average Bonchev–Trinajstić information content (AvgIpc) is 2.75. The minimum atomic E-state index is -1.26. The van der Waals surface area contributed by atoms with E-state index in [1.165, 1.54) is 0 Å². The topological polar surface area (TPSA) is 57.2 Å². The van der Waals surface area contributed by atoms with Crippen molar-refractivity contribution < 1.29 is 24.1 Å². The van der Waals surface area contributed by atoms with Crippen LogP contribution in [0.2, 0.25) is 0 Å². The van der Waals surface area contributed by atoms with Crippen LogP contribution in [0.5, 0.6) is 0 Å². The van der Waals surface area contributed by atoms with Crippen LogP contribution >= 0.6 is 0 Å². The summed E-state index contributed by atoms with van der Waals surface area (Å²) >= 11 is 0. The highest BCUT2D eigenvalue weighted by atomic mass is 16.8. The second-order valence-corrected chi connectivity index (χ2v) is 6.28. The van der Waals surface area contributed by atoms with Crippen LogP contribution in [0.15, 0.2) is 30.3 Å². The standard InChI is InChI=1S/C16H22O5/c1-15(2)20-12-10-19-14(16(3,17)13(12)21-15)18-9-11-7-5-4-6-8-11/h4-8,12-14,17H,9-10H2,1-3H3/t12-,13+,14?,16?/m1/s1. The van der Waals surface area contributed by atoms with Gasteiger partial charge < -0.3 is 24.1 Å². The molecule has 5 heteroatoms. The van der Waals surface area contributed by atoms with Crippen LogP contribution in [0, 0.1) is 0 Å². The summed E-state index contributed by atoms with van der Waals surface area (Å²) in [6, 6.07) is 9.79. The molecule has 0 spiro atoms. The minimum absolute atomic E-state index is 0.272. The second kappa shape index (κ2) is 5.34. The van der Waals surface area contributed by atoms with Crippen molar-refractivity contribution in [2.24, 2.45) is 0 Å². The summed E-state index contributed by atoms with van der Waals surface area (Å²) in [6.07, 6.45) is -1.47. The molecule has 4 atom stereocenters. The van der Waals surface area contributed by atoms with Crippen molar-refractivity contribution in [3.8, 4) is 0 Å². The molecule has 2 heterocycles. The van der Waals surface area contributed by atoms with Crippen LogP contribution in [0.25, 0.3) is 0 Å². The van der Waals surface area contributed by atoms with Crippen LogP contribution in [-0.4, -0.2) is 41.6 Å². The van der Waals surface area contributed by atoms with Gasteiger partial charge in [-0.1, -0.05) is 30.3 Å². The molecule has 0 radical (unpaired) electrons. The molecule has 0 aromatic heterocycles. The third-order valence-electron chi connectivity index (χ3n) is 3.89. The molecular formula is C16H22O5. The Morgan fingerprint density at radius 2 is 1.90 bits per heavy atom. The Labute approximate surface area is 124 Å². The van der Waals surface area contributed by atoms with E-state index in [0.29, 0.717) is 13.2 Å². The maximum absolute atomic E-state index is 10.8. The van der Waals surface area contributed by atoms with E-state index in [1.54, 1.807) is 6.92 Å². The van der Waals surface area contributed by atoms with Gasteiger partial charge in [0.15, 0.2) is 12.1 Å². The average molecular weight is 294 g/mol. The molecule has 1 N–H and O–H groups in total. The zero-order valence-electron chi connectivity index (χ0n) is 12.6. The van der Waals surface area contributed by atoms with Crippen molar-refractivity contribution in [1.82, 2.24) is 0 Å². The summed E-state index contributed by atoms with van der Waals surface area (Å²) < 4.78 is 23.0. The van der Waals surface area contributed by atoms with Crippen molar-refractivity contribution in [2.45, 2.75) is 57.3 Å². The Kier molecular flexibility index (Phi) is 3.80. The summed E-state index contributed by atoms with van der Waals surface area (Å²) in [5.74, 6) is -0.711. The molecule has 2 fully saturated rings. The van der Waals surface area contributed by atoms with E-state index < -0.39 is 23.8 Å². The van der Waals surface area contributed by atoms with Crippen LogP contribution in [0.1, 0.15) is 26.3 Å². The zero-order valence-corrected chi connectivity index (χ0v) is 12.6. The highest BCUT2D eigenvalue weighted by molar-refractivity contribution is 5.13. The molecule has 2 aliphatic rings. The van der Waals surface area contributed by atoms with Crippen LogP contribution < -0.4 is 0 Å². The lowest BCUT2D eigenvalue weighted by Gasteiger charge is -2.42. The number of hydrogen-bond donors (Lipinski definition) is 1. The van der Waals surface area contributed by atoms with Gasteiger partial charge in [-0.05, 0) is 26.3 Å². The maximum Gasteiger partial charge on any atom is 0.189 e. The summed E-state index contributed by atoms with van der Waals surface area (Å²) in [6.45, 7) is 6.07. The van der Waals surface area contributed by atoms with E-state index in [4.69, 9.17) is 18.9 Å². The molecule has 21 heavy (non-hydrogen) atoms. The molecule has 5 nitrogen and oxygen atoms in total. The van der Waals surface area contributed by atoms with Gasteiger partial charge in [0, 0.05) is 0 Å². The molecule has 2 unspecified atom stereocenters. The first-order valence-electron chi connectivity index (χ1n) is 7.24. The fraction of sp³-hybridized carbons (Fsp3) is 0.625. The van der Waals surface area contributed by atoms with Gasteiger partial charge in [0.25, 0.3) is 0 Å². The Balaban J connectivity index is 1.67.